The molecular weight excluding hydrogens is 641 g/mol. The van der Waals surface area contributed by atoms with Crippen LogP contribution in [0.5, 0.6) is 0 Å². The number of ether oxygens (including phenoxy) is 1. The van der Waals surface area contributed by atoms with Crippen LogP contribution in [0.25, 0.3) is 0 Å². The zero-order valence-electron chi connectivity index (χ0n) is 33.8. The van der Waals surface area contributed by atoms with Crippen molar-refractivity contribution in [2.24, 2.45) is 0 Å². The molecular formula is C48H80O4. The lowest BCUT2D eigenvalue weighted by molar-refractivity contribution is -0.147. The number of esters is 1. The highest BCUT2D eigenvalue weighted by Crippen LogP contribution is 2.15. The van der Waals surface area contributed by atoms with Crippen LogP contribution in [0.2, 0.25) is 0 Å². The fourth-order valence-corrected chi connectivity index (χ4v) is 5.92. The number of rotatable bonds is 38. The Hall–Kier alpha value is -2.88. The first-order valence-electron chi connectivity index (χ1n) is 21.6. The average molecular weight is 721 g/mol. The van der Waals surface area contributed by atoms with E-state index in [1.165, 1.54) is 83.5 Å². The summed E-state index contributed by atoms with van der Waals surface area (Å²) in [5.74, 6) is -0.797. The quantitative estimate of drug-likeness (QED) is 0.0392. The lowest BCUT2D eigenvalue weighted by Gasteiger charge is -2.14. The maximum atomic E-state index is 12.7. The first kappa shape index (κ1) is 49.1. The van der Waals surface area contributed by atoms with Gasteiger partial charge in [0.1, 0.15) is 6.10 Å². The third kappa shape index (κ3) is 41.5. The van der Waals surface area contributed by atoms with Crippen LogP contribution in [-0.2, 0) is 14.3 Å². The van der Waals surface area contributed by atoms with Crippen molar-refractivity contribution in [1.29, 1.82) is 0 Å². The summed E-state index contributed by atoms with van der Waals surface area (Å²) < 4.78 is 5.90. The number of allylic oxidation sites excluding steroid dienone is 13. The minimum Gasteiger partial charge on any atom is -0.481 e. The minimum absolute atomic E-state index is 0.0786. The van der Waals surface area contributed by atoms with Crippen LogP contribution in [0.1, 0.15) is 200 Å². The Morgan fingerprint density at radius 1 is 0.462 bits per heavy atom. The molecule has 0 saturated heterocycles. The molecule has 0 rings (SSSR count). The van der Waals surface area contributed by atoms with Gasteiger partial charge in [-0.3, -0.25) is 9.59 Å². The molecule has 52 heavy (non-hydrogen) atoms. The maximum absolute atomic E-state index is 12.7. The number of hydrogen-bond donors (Lipinski definition) is 1. The minimum atomic E-state index is -0.718. The van der Waals surface area contributed by atoms with Gasteiger partial charge in [-0.25, -0.2) is 0 Å². The Balaban J connectivity index is 4.03. The van der Waals surface area contributed by atoms with Gasteiger partial charge in [0.2, 0.25) is 0 Å². The molecule has 0 aromatic carbocycles. The SMILES string of the molecule is CC/C=C\C/C=C\C/C=C\C/C=C\CCCCCCCCCCCCC(=O)OC(/C=C\C/C=C\C/C=C\CCCCC)CCCCCCCC(=O)O. The van der Waals surface area contributed by atoms with Crippen molar-refractivity contribution in [2.45, 2.75) is 206 Å². The van der Waals surface area contributed by atoms with Gasteiger partial charge in [0.05, 0.1) is 0 Å². The molecule has 1 unspecified atom stereocenters. The Morgan fingerprint density at radius 2 is 0.865 bits per heavy atom. The average Bonchev–Trinajstić information content (AvgIpc) is 3.13. The van der Waals surface area contributed by atoms with E-state index < -0.39 is 5.97 Å². The maximum Gasteiger partial charge on any atom is 0.306 e. The van der Waals surface area contributed by atoms with Crippen molar-refractivity contribution in [3.63, 3.8) is 0 Å². The fourth-order valence-electron chi connectivity index (χ4n) is 5.92. The number of unbranched alkanes of at least 4 members (excludes halogenated alkanes) is 17. The zero-order valence-corrected chi connectivity index (χ0v) is 33.8. The van der Waals surface area contributed by atoms with Gasteiger partial charge in [-0.15, -0.1) is 0 Å². The van der Waals surface area contributed by atoms with Crippen molar-refractivity contribution in [3.8, 4) is 0 Å². The Morgan fingerprint density at radius 3 is 1.37 bits per heavy atom. The summed E-state index contributed by atoms with van der Waals surface area (Å²) in [6.45, 7) is 4.40. The van der Waals surface area contributed by atoms with Crippen molar-refractivity contribution in [1.82, 2.24) is 0 Å². The number of aliphatic carboxylic acids is 1. The second kappa shape index (κ2) is 42.5. The zero-order chi connectivity index (χ0) is 37.8. The molecule has 4 heteroatoms. The van der Waals surface area contributed by atoms with E-state index in [4.69, 9.17) is 9.84 Å². The molecule has 0 spiro atoms. The van der Waals surface area contributed by atoms with Crippen LogP contribution in [0, 0.1) is 0 Å². The van der Waals surface area contributed by atoms with Gasteiger partial charge in [0, 0.05) is 12.8 Å². The second-order valence-electron chi connectivity index (χ2n) is 14.1. The summed E-state index contributed by atoms with van der Waals surface area (Å²) in [4.78, 5) is 23.4. The first-order chi connectivity index (χ1) is 25.6. The van der Waals surface area contributed by atoms with Gasteiger partial charge in [0.15, 0.2) is 0 Å². The number of carboxylic acids is 1. The van der Waals surface area contributed by atoms with Gasteiger partial charge >= 0.3 is 11.9 Å². The van der Waals surface area contributed by atoms with E-state index in [2.05, 4.69) is 98.9 Å². The summed E-state index contributed by atoms with van der Waals surface area (Å²) in [6, 6.07) is 0. The largest absolute Gasteiger partial charge is 0.481 e. The fraction of sp³-hybridized carbons (Fsp3) is 0.667. The van der Waals surface area contributed by atoms with Crippen LogP contribution in [0.15, 0.2) is 85.1 Å². The van der Waals surface area contributed by atoms with E-state index in [1.807, 2.05) is 0 Å². The Kier molecular flexibility index (Phi) is 40.2. The van der Waals surface area contributed by atoms with E-state index in [-0.39, 0.29) is 18.5 Å². The predicted molar refractivity (Wildman–Crippen MR) is 227 cm³/mol. The molecule has 0 aliphatic carbocycles. The highest BCUT2D eigenvalue weighted by atomic mass is 16.5. The molecule has 1 N–H and O–H groups in total. The first-order valence-corrected chi connectivity index (χ1v) is 21.6. The van der Waals surface area contributed by atoms with Gasteiger partial charge in [-0.05, 0) is 96.0 Å². The van der Waals surface area contributed by atoms with E-state index in [1.54, 1.807) is 0 Å². The lowest BCUT2D eigenvalue weighted by Crippen LogP contribution is -2.16. The smallest absolute Gasteiger partial charge is 0.306 e. The number of carboxylic acid groups (broad SMARTS) is 1. The standard InChI is InChI=1S/C48H80O4/c1-3-5-7-9-11-13-15-16-17-18-19-20-21-22-23-24-25-26-28-30-32-37-41-45-48(51)52-46(43-39-35-33-36-40-44-47(49)50)42-38-34-31-29-27-14-12-10-8-6-4-2/h5,7,11-14,16-17,19-20,29,31,38,42,46H,3-4,6,8-10,15,18,21-28,30,32-37,39-41,43-45H2,1-2H3,(H,49,50)/b7-5-,13-11-,14-12-,17-16-,20-19-,31-29-,42-38-. The molecule has 0 amide bonds. The van der Waals surface area contributed by atoms with Crippen molar-refractivity contribution in [2.75, 3.05) is 0 Å². The lowest BCUT2D eigenvalue weighted by atomic mass is 10.0. The highest BCUT2D eigenvalue weighted by Gasteiger charge is 2.11. The summed E-state index contributed by atoms with van der Waals surface area (Å²) >= 11 is 0. The number of hydrogen-bond acceptors (Lipinski definition) is 3. The molecule has 0 heterocycles. The molecule has 0 aromatic rings. The molecule has 0 fully saturated rings. The van der Waals surface area contributed by atoms with Crippen LogP contribution in [-0.4, -0.2) is 23.1 Å². The molecule has 0 radical (unpaired) electrons. The summed E-state index contributed by atoms with van der Waals surface area (Å²) in [6.07, 6.45) is 62.0. The third-order valence-electron chi connectivity index (χ3n) is 9.09. The van der Waals surface area contributed by atoms with Gasteiger partial charge in [0.25, 0.3) is 0 Å². The summed E-state index contributed by atoms with van der Waals surface area (Å²) in [5.41, 5.74) is 0. The van der Waals surface area contributed by atoms with Crippen LogP contribution < -0.4 is 0 Å². The van der Waals surface area contributed by atoms with Crippen LogP contribution in [0.4, 0.5) is 0 Å². The van der Waals surface area contributed by atoms with Crippen molar-refractivity contribution < 1.29 is 19.4 Å². The highest BCUT2D eigenvalue weighted by molar-refractivity contribution is 5.69. The predicted octanol–water partition coefficient (Wildman–Crippen LogP) is 15.2. The van der Waals surface area contributed by atoms with E-state index in [0.717, 1.165) is 89.9 Å². The molecule has 4 nitrogen and oxygen atoms in total. The molecule has 0 bridgehead atoms. The van der Waals surface area contributed by atoms with Crippen molar-refractivity contribution >= 4 is 11.9 Å². The van der Waals surface area contributed by atoms with Crippen LogP contribution in [0.3, 0.4) is 0 Å². The number of carbonyl (C=O) groups is 2. The monoisotopic (exact) mass is 721 g/mol. The van der Waals surface area contributed by atoms with Gasteiger partial charge in [-0.1, -0.05) is 176 Å². The summed E-state index contributed by atoms with van der Waals surface area (Å²) in [5, 5.41) is 8.82. The number of carbonyl (C=O) groups excluding carboxylic acids is 1. The molecule has 0 aliphatic rings. The normalized spacial score (nSPS) is 13.1. The Bertz CT molecular complexity index is 996. The summed E-state index contributed by atoms with van der Waals surface area (Å²) in [7, 11) is 0. The van der Waals surface area contributed by atoms with E-state index in [9.17, 15) is 9.59 Å². The van der Waals surface area contributed by atoms with E-state index >= 15 is 0 Å². The van der Waals surface area contributed by atoms with Gasteiger partial charge in [-0.2, -0.15) is 0 Å². The molecule has 0 aromatic heterocycles. The molecule has 0 saturated carbocycles. The van der Waals surface area contributed by atoms with Gasteiger partial charge < -0.3 is 9.84 Å². The van der Waals surface area contributed by atoms with Crippen LogP contribution >= 0.6 is 0 Å². The van der Waals surface area contributed by atoms with Crippen molar-refractivity contribution in [3.05, 3.63) is 85.1 Å². The topological polar surface area (TPSA) is 63.6 Å². The second-order valence-corrected chi connectivity index (χ2v) is 14.1. The Labute approximate surface area is 321 Å². The van der Waals surface area contributed by atoms with E-state index in [0.29, 0.717) is 6.42 Å². The molecule has 1 atom stereocenters. The third-order valence-corrected chi connectivity index (χ3v) is 9.09. The molecule has 296 valence electrons. The molecule has 0 aliphatic heterocycles.